The molecule has 2 aliphatic rings. The monoisotopic (exact) mass is 363 g/mol. The second-order valence-corrected chi connectivity index (χ2v) is 6.75. The largest absolute Gasteiger partial charge is 0.431 e. The van der Waals surface area contributed by atoms with Gasteiger partial charge in [0.2, 0.25) is 0 Å². The Bertz CT molecular complexity index is 616. The molecule has 3 atom stereocenters. The first-order chi connectivity index (χ1) is 11.8. The first-order valence-corrected chi connectivity index (χ1v) is 8.24. The van der Waals surface area contributed by atoms with Crippen LogP contribution in [0.4, 0.5) is 17.6 Å². The second-order valence-electron chi connectivity index (χ2n) is 6.75. The number of aliphatic hydroxyl groups excluding tert-OH is 1. The summed E-state index contributed by atoms with van der Waals surface area (Å²) in [6.07, 6.45) is 2.33. The van der Waals surface area contributed by atoms with Crippen molar-refractivity contribution in [3.8, 4) is 11.5 Å². The summed E-state index contributed by atoms with van der Waals surface area (Å²) in [6, 6.07) is 4.35. The minimum absolute atomic E-state index is 0.0671. The van der Waals surface area contributed by atoms with Crippen LogP contribution in [0.15, 0.2) is 18.2 Å². The number of hydrogen-bond donors (Lipinski definition) is 1. The predicted molar refractivity (Wildman–Crippen MR) is 82.3 cm³/mol. The third-order valence-electron chi connectivity index (χ3n) is 5.45. The molecule has 1 saturated heterocycles. The van der Waals surface area contributed by atoms with Crippen molar-refractivity contribution < 1.29 is 32.1 Å². The number of halogens is 4. The number of likely N-dealkylation sites (tertiary alicyclic amines) is 1. The predicted octanol–water partition coefficient (Wildman–Crippen LogP) is 3.38. The van der Waals surface area contributed by atoms with Crippen molar-refractivity contribution in [2.24, 2.45) is 0 Å². The van der Waals surface area contributed by atoms with Gasteiger partial charge < -0.3 is 19.5 Å². The number of aliphatic hydroxyl groups is 1. The Labute approximate surface area is 143 Å². The van der Waals surface area contributed by atoms with E-state index in [-0.39, 0.29) is 17.2 Å². The Balaban J connectivity index is 1.98. The van der Waals surface area contributed by atoms with Crippen LogP contribution >= 0.6 is 0 Å². The fourth-order valence-corrected chi connectivity index (χ4v) is 4.30. The van der Waals surface area contributed by atoms with Crippen molar-refractivity contribution in [3.05, 3.63) is 23.8 Å². The topological polar surface area (TPSA) is 41.9 Å². The van der Waals surface area contributed by atoms with Gasteiger partial charge in [-0.25, -0.2) is 0 Å². The van der Waals surface area contributed by atoms with Gasteiger partial charge in [0.05, 0.1) is 6.10 Å². The summed E-state index contributed by atoms with van der Waals surface area (Å²) < 4.78 is 59.1. The Kier molecular flexibility index (Phi) is 5.11. The Morgan fingerprint density at radius 3 is 2.48 bits per heavy atom. The van der Waals surface area contributed by atoms with Gasteiger partial charge in [-0.1, -0.05) is 6.07 Å². The normalized spacial score (nSPS) is 29.9. The van der Waals surface area contributed by atoms with Crippen LogP contribution in [0.5, 0.6) is 11.5 Å². The molecule has 25 heavy (non-hydrogen) atoms. The maximum absolute atomic E-state index is 12.7. The van der Waals surface area contributed by atoms with E-state index in [2.05, 4.69) is 14.4 Å². The van der Waals surface area contributed by atoms with Gasteiger partial charge in [0, 0.05) is 11.5 Å². The van der Waals surface area contributed by atoms with Crippen LogP contribution in [-0.4, -0.2) is 49.0 Å². The van der Waals surface area contributed by atoms with E-state index in [1.807, 2.05) is 7.05 Å². The van der Waals surface area contributed by atoms with Gasteiger partial charge in [-0.05, 0) is 57.0 Å². The molecule has 3 rings (SSSR count). The van der Waals surface area contributed by atoms with Gasteiger partial charge in [0.1, 0.15) is 0 Å². The molecule has 2 fully saturated rings. The molecule has 140 valence electrons. The SMILES string of the molecule is CN1CC[C@]2(c3ccc(OC(F)F)c(OC(F)F)c3)CC[C@@H](O)C[C@H]12. The lowest BCUT2D eigenvalue weighted by Crippen LogP contribution is -2.47. The van der Waals surface area contributed by atoms with E-state index in [0.717, 1.165) is 18.5 Å². The molecule has 1 aliphatic carbocycles. The molecule has 0 aromatic heterocycles. The average molecular weight is 363 g/mol. The van der Waals surface area contributed by atoms with E-state index in [9.17, 15) is 22.7 Å². The quantitative estimate of drug-likeness (QED) is 0.815. The molecule has 1 aliphatic heterocycles. The zero-order valence-electron chi connectivity index (χ0n) is 13.8. The van der Waals surface area contributed by atoms with Crippen LogP contribution in [0.2, 0.25) is 0 Å². The summed E-state index contributed by atoms with van der Waals surface area (Å²) in [4.78, 5) is 2.15. The number of alkyl halides is 4. The summed E-state index contributed by atoms with van der Waals surface area (Å²) in [7, 11) is 1.97. The van der Waals surface area contributed by atoms with Gasteiger partial charge >= 0.3 is 13.2 Å². The van der Waals surface area contributed by atoms with Crippen molar-refractivity contribution in [2.75, 3.05) is 13.6 Å². The van der Waals surface area contributed by atoms with Crippen LogP contribution < -0.4 is 9.47 Å². The molecule has 1 heterocycles. The van der Waals surface area contributed by atoms with Crippen LogP contribution in [0.1, 0.15) is 31.2 Å². The molecule has 1 aromatic carbocycles. The zero-order chi connectivity index (χ0) is 18.2. The van der Waals surface area contributed by atoms with Crippen LogP contribution in [0.25, 0.3) is 0 Å². The lowest BCUT2D eigenvalue weighted by molar-refractivity contribution is -0.0693. The number of hydrogen-bond acceptors (Lipinski definition) is 4. The molecule has 0 spiro atoms. The summed E-state index contributed by atoms with van der Waals surface area (Å²) in [5.41, 5.74) is 0.448. The molecule has 1 N–H and O–H groups in total. The van der Waals surface area contributed by atoms with Gasteiger partial charge in [-0.2, -0.15) is 17.6 Å². The van der Waals surface area contributed by atoms with E-state index in [1.54, 1.807) is 6.07 Å². The van der Waals surface area contributed by atoms with Crippen molar-refractivity contribution >= 4 is 0 Å². The number of nitrogens with zero attached hydrogens (tertiary/aromatic N) is 1. The highest BCUT2D eigenvalue weighted by molar-refractivity contribution is 5.46. The van der Waals surface area contributed by atoms with Gasteiger partial charge in [-0.15, -0.1) is 0 Å². The van der Waals surface area contributed by atoms with Gasteiger partial charge in [-0.3, -0.25) is 0 Å². The van der Waals surface area contributed by atoms with E-state index < -0.39 is 25.1 Å². The van der Waals surface area contributed by atoms with Crippen molar-refractivity contribution in [2.45, 2.75) is 56.5 Å². The zero-order valence-corrected chi connectivity index (χ0v) is 13.8. The fourth-order valence-electron chi connectivity index (χ4n) is 4.30. The molecule has 4 nitrogen and oxygen atoms in total. The van der Waals surface area contributed by atoms with E-state index in [4.69, 9.17) is 0 Å². The maximum Gasteiger partial charge on any atom is 0.387 e. The minimum atomic E-state index is -3.14. The Hall–Kier alpha value is -1.54. The van der Waals surface area contributed by atoms with Crippen LogP contribution in [-0.2, 0) is 5.41 Å². The number of ether oxygens (including phenoxy) is 2. The van der Waals surface area contributed by atoms with Crippen molar-refractivity contribution in [1.29, 1.82) is 0 Å². The summed E-state index contributed by atoms with van der Waals surface area (Å²) in [5.74, 6) is -0.796. The van der Waals surface area contributed by atoms with Gasteiger partial charge in [0.15, 0.2) is 11.5 Å². The lowest BCUT2D eigenvalue weighted by Gasteiger charge is -2.43. The third kappa shape index (κ3) is 3.55. The lowest BCUT2D eigenvalue weighted by atomic mass is 9.65. The van der Waals surface area contributed by atoms with Crippen LogP contribution in [0, 0.1) is 0 Å². The first kappa shape index (κ1) is 18.3. The molecule has 0 amide bonds. The molecule has 8 heteroatoms. The number of benzene rings is 1. The Morgan fingerprint density at radius 2 is 1.80 bits per heavy atom. The first-order valence-electron chi connectivity index (χ1n) is 8.24. The number of rotatable bonds is 5. The number of likely N-dealkylation sites (N-methyl/N-ethyl adjacent to an activating group) is 1. The smallest absolute Gasteiger partial charge is 0.387 e. The van der Waals surface area contributed by atoms with E-state index in [0.29, 0.717) is 19.3 Å². The highest BCUT2D eigenvalue weighted by Crippen LogP contribution is 2.50. The minimum Gasteiger partial charge on any atom is -0.431 e. The Morgan fingerprint density at radius 1 is 1.12 bits per heavy atom. The highest BCUT2D eigenvalue weighted by atomic mass is 19.3. The molecular weight excluding hydrogens is 342 g/mol. The molecule has 0 radical (unpaired) electrons. The highest BCUT2D eigenvalue weighted by Gasteiger charge is 2.50. The number of fused-ring (bicyclic) bond motifs is 1. The maximum atomic E-state index is 12.7. The van der Waals surface area contributed by atoms with E-state index >= 15 is 0 Å². The third-order valence-corrected chi connectivity index (χ3v) is 5.45. The molecule has 1 saturated carbocycles. The van der Waals surface area contributed by atoms with Crippen molar-refractivity contribution in [3.63, 3.8) is 0 Å². The molecule has 0 bridgehead atoms. The average Bonchev–Trinajstić information content (AvgIpc) is 2.86. The summed E-state index contributed by atoms with van der Waals surface area (Å²) in [5, 5.41) is 10.00. The van der Waals surface area contributed by atoms with Crippen LogP contribution in [0.3, 0.4) is 0 Å². The fraction of sp³-hybridized carbons (Fsp3) is 0.647. The van der Waals surface area contributed by atoms with Gasteiger partial charge in [0.25, 0.3) is 0 Å². The second kappa shape index (κ2) is 6.99. The summed E-state index contributed by atoms with van der Waals surface area (Å²) >= 11 is 0. The molecular formula is C17H21F4NO3. The van der Waals surface area contributed by atoms with E-state index in [1.165, 1.54) is 12.1 Å². The standard InChI is InChI=1S/C17H21F4NO3/c1-22-7-6-17(5-4-11(23)9-14(17)22)10-2-3-12(24-15(18)19)13(8-10)25-16(20)21/h2-3,8,11,14-16,23H,4-7,9H2,1H3/t11-,14+,17+/m1/s1. The summed E-state index contributed by atoms with van der Waals surface area (Å²) in [6.45, 7) is -5.44. The molecule has 0 unspecified atom stereocenters. The molecule has 1 aromatic rings. The van der Waals surface area contributed by atoms with Crippen molar-refractivity contribution in [1.82, 2.24) is 4.90 Å².